The first-order valence-corrected chi connectivity index (χ1v) is 11.7. The minimum atomic E-state index is -4.74. The van der Waals surface area contributed by atoms with Crippen molar-refractivity contribution in [3.05, 3.63) is 74.6 Å². The third-order valence-electron chi connectivity index (χ3n) is 6.57. The molecule has 0 fully saturated rings. The van der Waals surface area contributed by atoms with Gasteiger partial charge in [0.15, 0.2) is 0 Å². The molecule has 0 bridgehead atoms. The lowest BCUT2D eigenvalue weighted by molar-refractivity contribution is -0.385. The molecule has 37 heavy (non-hydrogen) atoms. The lowest BCUT2D eigenvalue weighted by Crippen LogP contribution is -2.15. The molecule has 4 rings (SSSR count). The average molecular weight is 515 g/mol. The highest BCUT2D eigenvalue weighted by Gasteiger charge is 2.33. The number of nitro benzene ring substituents is 1. The second-order valence-electron chi connectivity index (χ2n) is 9.28. The van der Waals surface area contributed by atoms with Crippen molar-refractivity contribution in [1.29, 1.82) is 0 Å². The van der Waals surface area contributed by atoms with E-state index in [2.05, 4.69) is 15.3 Å². The van der Waals surface area contributed by atoms with E-state index in [0.29, 0.717) is 47.9 Å². The summed E-state index contributed by atoms with van der Waals surface area (Å²) in [6.07, 6.45) is -1.25. The predicted molar refractivity (Wildman–Crippen MR) is 132 cm³/mol. The van der Waals surface area contributed by atoms with Crippen LogP contribution in [0.4, 0.5) is 24.7 Å². The number of carboxylic acids is 1. The zero-order valence-corrected chi connectivity index (χ0v) is 20.4. The number of aromatic nitrogens is 2. The molecule has 0 saturated heterocycles. The fraction of sp³-hybridized carbons (Fsp3) is 0.346. The standard InChI is InChI=1S/C26H25F3N4O4/c1-13-8-19(16-4-6-17(7-5-16)25(34)35)11-22-23(13)31-15(3)32-24(22)30-14(2)18-9-20(26(27,28)29)12-21(10-18)33(36)37/h4,8-12,14,17H,5-7H2,1-3H3,(H,34,35)(H,30,31,32)/t14-,17?/m1/s1. The number of fused-ring (bicyclic) bond motifs is 1. The molecule has 194 valence electrons. The number of nitrogens with zero attached hydrogens (tertiary/aromatic N) is 3. The van der Waals surface area contributed by atoms with Crippen molar-refractivity contribution in [2.75, 3.05) is 5.32 Å². The average Bonchev–Trinajstić information content (AvgIpc) is 2.83. The lowest BCUT2D eigenvalue weighted by atomic mass is 9.86. The third kappa shape index (κ3) is 5.55. The molecule has 1 aliphatic carbocycles. The van der Waals surface area contributed by atoms with Crippen LogP contribution in [0.2, 0.25) is 0 Å². The topological polar surface area (TPSA) is 118 Å². The van der Waals surface area contributed by atoms with Crippen molar-refractivity contribution in [2.45, 2.75) is 52.3 Å². The van der Waals surface area contributed by atoms with Crippen LogP contribution in [0, 0.1) is 29.9 Å². The Morgan fingerprint density at radius 2 is 1.92 bits per heavy atom. The van der Waals surface area contributed by atoms with Crippen LogP contribution in [0.25, 0.3) is 16.5 Å². The number of carbonyl (C=O) groups is 1. The monoisotopic (exact) mass is 514 g/mol. The molecule has 1 aliphatic rings. The Kier molecular flexibility index (Phi) is 6.90. The normalized spacial score (nSPS) is 16.8. The van der Waals surface area contributed by atoms with Crippen LogP contribution >= 0.6 is 0 Å². The van der Waals surface area contributed by atoms with Crippen LogP contribution in [0.3, 0.4) is 0 Å². The first kappa shape index (κ1) is 26.1. The molecule has 2 N–H and O–H groups in total. The summed E-state index contributed by atoms with van der Waals surface area (Å²) in [6, 6.07) is 5.65. The summed E-state index contributed by atoms with van der Waals surface area (Å²) in [5, 5.41) is 24.3. The van der Waals surface area contributed by atoms with Crippen molar-refractivity contribution < 1.29 is 28.0 Å². The number of carboxylic acid groups (broad SMARTS) is 1. The van der Waals surface area contributed by atoms with Gasteiger partial charge >= 0.3 is 12.1 Å². The zero-order valence-electron chi connectivity index (χ0n) is 20.4. The van der Waals surface area contributed by atoms with Gasteiger partial charge in [0, 0.05) is 17.5 Å². The molecule has 0 saturated carbocycles. The van der Waals surface area contributed by atoms with E-state index in [-0.39, 0.29) is 5.56 Å². The maximum absolute atomic E-state index is 13.4. The fourth-order valence-electron chi connectivity index (χ4n) is 4.58. The van der Waals surface area contributed by atoms with Gasteiger partial charge in [-0.3, -0.25) is 14.9 Å². The Hall–Kier alpha value is -4.02. The summed E-state index contributed by atoms with van der Waals surface area (Å²) in [7, 11) is 0. The lowest BCUT2D eigenvalue weighted by Gasteiger charge is -2.21. The summed E-state index contributed by atoms with van der Waals surface area (Å²) in [6.45, 7) is 5.20. The van der Waals surface area contributed by atoms with Gasteiger partial charge < -0.3 is 10.4 Å². The van der Waals surface area contributed by atoms with Crippen molar-refractivity contribution in [1.82, 2.24) is 9.97 Å². The van der Waals surface area contributed by atoms with Gasteiger partial charge in [-0.15, -0.1) is 0 Å². The maximum atomic E-state index is 13.4. The quantitative estimate of drug-likeness (QED) is 0.280. The molecule has 11 heteroatoms. The molecule has 8 nitrogen and oxygen atoms in total. The first-order chi connectivity index (χ1) is 17.3. The summed E-state index contributed by atoms with van der Waals surface area (Å²) >= 11 is 0. The third-order valence-corrected chi connectivity index (χ3v) is 6.57. The molecular weight excluding hydrogens is 489 g/mol. The van der Waals surface area contributed by atoms with Crippen molar-refractivity contribution in [3.8, 4) is 0 Å². The molecule has 1 unspecified atom stereocenters. The number of aryl methyl sites for hydroxylation is 2. The van der Waals surface area contributed by atoms with Gasteiger partial charge in [0.1, 0.15) is 11.6 Å². The van der Waals surface area contributed by atoms with Gasteiger partial charge in [-0.1, -0.05) is 6.08 Å². The number of hydrogen-bond acceptors (Lipinski definition) is 6. The Balaban J connectivity index is 1.75. The van der Waals surface area contributed by atoms with Crippen LogP contribution in [0.5, 0.6) is 0 Å². The van der Waals surface area contributed by atoms with E-state index in [1.54, 1.807) is 13.8 Å². The molecule has 0 spiro atoms. The van der Waals surface area contributed by atoms with Gasteiger partial charge in [-0.2, -0.15) is 13.2 Å². The fourth-order valence-corrected chi connectivity index (χ4v) is 4.58. The highest BCUT2D eigenvalue weighted by Crippen LogP contribution is 2.37. The van der Waals surface area contributed by atoms with Crippen LogP contribution in [0.15, 0.2) is 36.4 Å². The van der Waals surface area contributed by atoms with Gasteiger partial charge in [0.2, 0.25) is 0 Å². The number of aliphatic carboxylic acids is 1. The number of anilines is 1. The molecule has 1 aromatic heterocycles. The maximum Gasteiger partial charge on any atom is 0.416 e. The van der Waals surface area contributed by atoms with E-state index >= 15 is 0 Å². The van der Waals surface area contributed by atoms with Crippen LogP contribution in [-0.4, -0.2) is 26.0 Å². The molecule has 0 amide bonds. The van der Waals surface area contributed by atoms with Gasteiger partial charge in [0.25, 0.3) is 5.69 Å². The Morgan fingerprint density at radius 1 is 1.19 bits per heavy atom. The molecular formula is C26H25F3N4O4. The smallest absolute Gasteiger partial charge is 0.416 e. The Morgan fingerprint density at radius 3 is 2.51 bits per heavy atom. The van der Waals surface area contributed by atoms with Crippen LogP contribution in [0.1, 0.15) is 60.3 Å². The van der Waals surface area contributed by atoms with Gasteiger partial charge in [0.05, 0.1) is 28.0 Å². The number of non-ortho nitro benzene ring substituents is 1. The number of hydrogen-bond donors (Lipinski definition) is 2. The van der Waals surface area contributed by atoms with Crippen molar-refractivity contribution in [2.24, 2.45) is 5.92 Å². The summed E-state index contributed by atoms with van der Waals surface area (Å²) < 4.78 is 40.2. The first-order valence-electron chi connectivity index (χ1n) is 11.7. The number of nitro groups is 1. The Bertz CT molecular complexity index is 1440. The molecule has 3 aromatic rings. The highest BCUT2D eigenvalue weighted by atomic mass is 19.4. The number of allylic oxidation sites excluding steroid dienone is 2. The molecule has 0 aliphatic heterocycles. The summed E-state index contributed by atoms with van der Waals surface area (Å²) in [5.41, 5.74) is 1.78. The van der Waals surface area contributed by atoms with Crippen molar-refractivity contribution >= 4 is 34.0 Å². The second-order valence-corrected chi connectivity index (χ2v) is 9.28. The van der Waals surface area contributed by atoms with Crippen LogP contribution < -0.4 is 5.32 Å². The van der Waals surface area contributed by atoms with Gasteiger partial charge in [-0.05, 0) is 80.5 Å². The van der Waals surface area contributed by atoms with Gasteiger partial charge in [-0.25, -0.2) is 9.97 Å². The molecule has 2 aromatic carbocycles. The number of benzene rings is 2. The predicted octanol–water partition coefficient (Wildman–Crippen LogP) is 6.61. The molecule has 0 radical (unpaired) electrons. The van der Waals surface area contributed by atoms with Crippen molar-refractivity contribution in [3.63, 3.8) is 0 Å². The minimum Gasteiger partial charge on any atom is -0.481 e. The van der Waals surface area contributed by atoms with E-state index in [1.807, 2.05) is 25.1 Å². The van der Waals surface area contributed by atoms with Crippen LogP contribution in [-0.2, 0) is 11.0 Å². The molecule has 1 heterocycles. The largest absolute Gasteiger partial charge is 0.481 e. The zero-order chi connectivity index (χ0) is 27.1. The summed E-state index contributed by atoms with van der Waals surface area (Å²) in [5.74, 6) is -0.385. The number of nitrogens with one attached hydrogen (secondary N) is 1. The number of rotatable bonds is 6. The molecule has 2 atom stereocenters. The van der Waals surface area contributed by atoms with E-state index < -0.39 is 40.3 Å². The summed E-state index contributed by atoms with van der Waals surface area (Å²) in [4.78, 5) is 30.7. The Labute approximate surface area is 210 Å². The minimum absolute atomic E-state index is 0.0912. The number of alkyl halides is 3. The highest BCUT2D eigenvalue weighted by molar-refractivity contribution is 5.94. The second kappa shape index (κ2) is 9.79. The van der Waals surface area contributed by atoms with E-state index in [0.717, 1.165) is 28.8 Å². The SMILES string of the molecule is Cc1nc(N[C@H](C)c2cc([N+](=O)[O-])cc(C(F)(F)F)c2)c2cc(C3=CCC(C(=O)O)CC3)cc(C)c2n1. The van der Waals surface area contributed by atoms with E-state index in [4.69, 9.17) is 0 Å². The van der Waals surface area contributed by atoms with E-state index in [9.17, 15) is 33.2 Å². The van der Waals surface area contributed by atoms with E-state index in [1.165, 1.54) is 0 Å². The number of halogens is 3.